The van der Waals surface area contributed by atoms with Crippen molar-refractivity contribution in [3.8, 4) is 0 Å². The molecule has 0 aliphatic rings. The minimum absolute atomic E-state index is 0.279. The number of nitrogens with one attached hydrogen (secondary N) is 1. The summed E-state index contributed by atoms with van der Waals surface area (Å²) in [5, 5.41) is 3.45. The zero-order valence-electron chi connectivity index (χ0n) is 11.2. The van der Waals surface area contributed by atoms with Gasteiger partial charge in [-0.1, -0.05) is 18.2 Å². The smallest absolute Gasteiger partial charge is 0.0731 e. The Morgan fingerprint density at radius 1 is 1.11 bits per heavy atom. The molecule has 3 heteroatoms. The average molecular weight is 324 g/mol. The molecule has 1 aromatic heterocycles. The monoisotopic (exact) mass is 323 g/mol. The van der Waals surface area contributed by atoms with Crippen molar-refractivity contribution < 1.29 is 0 Å². The van der Waals surface area contributed by atoms with Crippen LogP contribution in [0, 0.1) is 20.8 Å². The molecule has 0 aliphatic heterocycles. The zero-order chi connectivity index (χ0) is 13.3. The fraction of sp³-hybridized carbons (Fsp3) is 0.333. The zero-order valence-corrected chi connectivity index (χ0v) is 13.6. The number of hydrogen-bond donors (Lipinski definition) is 1. The number of thiophene rings is 1. The van der Waals surface area contributed by atoms with Crippen molar-refractivity contribution in [2.24, 2.45) is 0 Å². The molecule has 2 aromatic rings. The largest absolute Gasteiger partial charge is 0.309 e. The minimum atomic E-state index is 0.279. The lowest BCUT2D eigenvalue weighted by atomic mass is 9.95. The molecule has 0 bridgehead atoms. The Kier molecular flexibility index (Phi) is 4.25. The molecule has 0 saturated heterocycles. The highest BCUT2D eigenvalue weighted by Crippen LogP contribution is 2.36. The van der Waals surface area contributed by atoms with E-state index >= 15 is 0 Å². The van der Waals surface area contributed by atoms with Gasteiger partial charge in [-0.15, -0.1) is 11.3 Å². The Morgan fingerprint density at radius 2 is 1.72 bits per heavy atom. The summed E-state index contributed by atoms with van der Waals surface area (Å²) in [6, 6.07) is 9.03. The average Bonchev–Trinajstić information content (AvgIpc) is 2.64. The van der Waals surface area contributed by atoms with Gasteiger partial charge >= 0.3 is 0 Å². The van der Waals surface area contributed by atoms with Crippen LogP contribution in [0.5, 0.6) is 0 Å². The third kappa shape index (κ3) is 2.53. The molecular formula is C15H18BrNS. The van der Waals surface area contributed by atoms with E-state index in [4.69, 9.17) is 0 Å². The first-order valence-electron chi connectivity index (χ1n) is 6.03. The van der Waals surface area contributed by atoms with Crippen LogP contribution in [0.25, 0.3) is 0 Å². The molecule has 96 valence electrons. The third-order valence-corrected chi connectivity index (χ3v) is 5.48. The van der Waals surface area contributed by atoms with Gasteiger partial charge in [0.05, 0.1) is 9.83 Å². The van der Waals surface area contributed by atoms with E-state index in [1.807, 2.05) is 18.4 Å². The van der Waals surface area contributed by atoms with E-state index in [0.717, 1.165) is 0 Å². The SMILES string of the molecule is CNC(c1cc(C)c(Br)s1)c1c(C)cccc1C. The molecule has 1 heterocycles. The lowest BCUT2D eigenvalue weighted by Crippen LogP contribution is -2.18. The lowest BCUT2D eigenvalue weighted by molar-refractivity contribution is 0.694. The van der Waals surface area contributed by atoms with Gasteiger partial charge < -0.3 is 5.32 Å². The summed E-state index contributed by atoms with van der Waals surface area (Å²) in [5.74, 6) is 0. The fourth-order valence-corrected chi connectivity index (χ4v) is 4.03. The van der Waals surface area contributed by atoms with Gasteiger partial charge in [0, 0.05) is 4.88 Å². The van der Waals surface area contributed by atoms with E-state index in [1.54, 1.807) is 0 Å². The Hall–Kier alpha value is -0.640. The molecule has 1 N–H and O–H groups in total. The summed E-state index contributed by atoms with van der Waals surface area (Å²) in [6.45, 7) is 6.51. The van der Waals surface area contributed by atoms with Crippen molar-refractivity contribution in [2.45, 2.75) is 26.8 Å². The molecule has 0 fully saturated rings. The van der Waals surface area contributed by atoms with Gasteiger partial charge in [-0.05, 0) is 72.1 Å². The van der Waals surface area contributed by atoms with Crippen LogP contribution in [-0.4, -0.2) is 7.05 Å². The highest BCUT2D eigenvalue weighted by Gasteiger charge is 2.19. The van der Waals surface area contributed by atoms with Gasteiger partial charge in [-0.3, -0.25) is 0 Å². The molecule has 1 nitrogen and oxygen atoms in total. The minimum Gasteiger partial charge on any atom is -0.309 e. The molecular weight excluding hydrogens is 306 g/mol. The van der Waals surface area contributed by atoms with Crippen LogP contribution in [0.15, 0.2) is 28.1 Å². The fourth-order valence-electron chi connectivity index (χ4n) is 2.34. The van der Waals surface area contributed by atoms with E-state index in [0.29, 0.717) is 0 Å². The summed E-state index contributed by atoms with van der Waals surface area (Å²) in [5.41, 5.74) is 5.39. The highest BCUT2D eigenvalue weighted by molar-refractivity contribution is 9.11. The predicted octanol–water partition coefficient (Wildman–Crippen LogP) is 4.74. The Bertz CT molecular complexity index is 520. The number of benzene rings is 1. The van der Waals surface area contributed by atoms with E-state index < -0.39 is 0 Å². The summed E-state index contributed by atoms with van der Waals surface area (Å²) < 4.78 is 1.23. The topological polar surface area (TPSA) is 12.0 Å². The molecule has 0 aliphatic carbocycles. The maximum Gasteiger partial charge on any atom is 0.0731 e. The summed E-state index contributed by atoms with van der Waals surface area (Å²) in [4.78, 5) is 1.36. The first kappa shape index (κ1) is 13.8. The van der Waals surface area contributed by atoms with Crippen molar-refractivity contribution in [3.63, 3.8) is 0 Å². The van der Waals surface area contributed by atoms with E-state index in [9.17, 15) is 0 Å². The molecule has 0 radical (unpaired) electrons. The van der Waals surface area contributed by atoms with Gasteiger partial charge in [0.25, 0.3) is 0 Å². The van der Waals surface area contributed by atoms with Crippen molar-refractivity contribution >= 4 is 27.3 Å². The number of halogens is 1. The molecule has 18 heavy (non-hydrogen) atoms. The van der Waals surface area contributed by atoms with Gasteiger partial charge in [0.2, 0.25) is 0 Å². The number of aryl methyl sites for hydroxylation is 3. The highest BCUT2D eigenvalue weighted by atomic mass is 79.9. The molecule has 1 aromatic carbocycles. The Morgan fingerprint density at radius 3 is 2.17 bits per heavy atom. The quantitative estimate of drug-likeness (QED) is 0.859. The summed E-state index contributed by atoms with van der Waals surface area (Å²) in [6.07, 6.45) is 0. The molecule has 0 amide bonds. The molecule has 1 atom stereocenters. The van der Waals surface area contributed by atoms with Crippen LogP contribution in [-0.2, 0) is 0 Å². The van der Waals surface area contributed by atoms with Gasteiger partial charge in [-0.25, -0.2) is 0 Å². The Labute approximate surface area is 121 Å². The third-order valence-electron chi connectivity index (χ3n) is 3.28. The second-order valence-corrected chi connectivity index (χ2v) is 7.03. The van der Waals surface area contributed by atoms with Crippen molar-refractivity contribution in [3.05, 3.63) is 55.2 Å². The van der Waals surface area contributed by atoms with Gasteiger partial charge in [-0.2, -0.15) is 0 Å². The van der Waals surface area contributed by atoms with Crippen LogP contribution in [0.3, 0.4) is 0 Å². The second kappa shape index (κ2) is 5.55. The van der Waals surface area contributed by atoms with Crippen molar-refractivity contribution in [2.75, 3.05) is 7.05 Å². The molecule has 2 rings (SSSR count). The molecule has 0 spiro atoms. The van der Waals surface area contributed by atoms with E-state index in [2.05, 4.69) is 66.3 Å². The van der Waals surface area contributed by atoms with Crippen LogP contribution < -0.4 is 5.32 Å². The molecule has 1 unspecified atom stereocenters. The predicted molar refractivity (Wildman–Crippen MR) is 83.6 cm³/mol. The standard InChI is InChI=1S/C15H18BrNS/c1-9-6-5-7-10(2)13(9)14(17-4)12-8-11(3)15(16)18-12/h5-8,14,17H,1-4H3. The Balaban J connectivity index is 2.52. The lowest BCUT2D eigenvalue weighted by Gasteiger charge is -2.20. The maximum atomic E-state index is 3.61. The number of rotatable bonds is 3. The van der Waals surface area contributed by atoms with Gasteiger partial charge in [0.1, 0.15) is 0 Å². The van der Waals surface area contributed by atoms with E-state index in [1.165, 1.54) is 30.9 Å². The molecule has 0 saturated carbocycles. The number of hydrogen-bond acceptors (Lipinski definition) is 2. The van der Waals surface area contributed by atoms with Crippen LogP contribution >= 0.6 is 27.3 Å². The summed E-state index contributed by atoms with van der Waals surface area (Å²) in [7, 11) is 2.03. The van der Waals surface area contributed by atoms with Crippen molar-refractivity contribution in [1.29, 1.82) is 0 Å². The van der Waals surface area contributed by atoms with E-state index in [-0.39, 0.29) is 6.04 Å². The normalized spacial score (nSPS) is 12.7. The van der Waals surface area contributed by atoms with Crippen LogP contribution in [0.1, 0.15) is 33.2 Å². The van der Waals surface area contributed by atoms with Gasteiger partial charge in [0.15, 0.2) is 0 Å². The first-order valence-corrected chi connectivity index (χ1v) is 7.64. The first-order chi connectivity index (χ1) is 8.54. The summed E-state index contributed by atoms with van der Waals surface area (Å²) >= 11 is 5.43. The maximum absolute atomic E-state index is 3.61. The van der Waals surface area contributed by atoms with Crippen molar-refractivity contribution in [1.82, 2.24) is 5.32 Å². The second-order valence-electron chi connectivity index (χ2n) is 4.63. The van der Waals surface area contributed by atoms with Crippen LogP contribution in [0.4, 0.5) is 0 Å². The van der Waals surface area contributed by atoms with Crippen LogP contribution in [0.2, 0.25) is 0 Å².